The molecule has 2 heterocycles. The molecule has 4 heteroatoms. The molecule has 0 saturated heterocycles. The van der Waals surface area contributed by atoms with Crippen molar-refractivity contribution in [3.63, 3.8) is 0 Å². The van der Waals surface area contributed by atoms with Gasteiger partial charge in [-0.1, -0.05) is 186 Å². The van der Waals surface area contributed by atoms with Crippen LogP contribution in [0.25, 0.3) is 83.9 Å². The Kier molecular flexibility index (Phi) is 12.2. The van der Waals surface area contributed by atoms with Crippen LogP contribution < -0.4 is 0 Å². The summed E-state index contributed by atoms with van der Waals surface area (Å²) in [4.78, 5) is 10.6. The Morgan fingerprint density at radius 2 is 1.06 bits per heavy atom. The zero-order valence-electron chi connectivity index (χ0n) is 43.8. The summed E-state index contributed by atoms with van der Waals surface area (Å²) in [6.07, 6.45) is 1.93. The molecule has 0 saturated carbocycles. The molecule has 4 nitrogen and oxygen atoms in total. The zero-order valence-corrected chi connectivity index (χ0v) is 43.8. The maximum absolute atomic E-state index is 12.1. The van der Waals surface area contributed by atoms with Crippen LogP contribution in [0.2, 0.25) is 0 Å². The first kappa shape index (κ1) is 48.0. The van der Waals surface area contributed by atoms with Gasteiger partial charge in [0, 0.05) is 17.3 Å². The number of aryl methyl sites for hydroxylation is 2. The van der Waals surface area contributed by atoms with Crippen molar-refractivity contribution in [1.29, 1.82) is 0 Å². The van der Waals surface area contributed by atoms with Crippen molar-refractivity contribution in [2.75, 3.05) is 0 Å². The number of pyridine rings is 1. The lowest BCUT2D eigenvalue weighted by Gasteiger charge is -2.26. The van der Waals surface area contributed by atoms with Gasteiger partial charge in [0.05, 0.1) is 28.0 Å². The molecule has 9 aromatic rings. The average molecular weight is 920 g/mol. The first-order chi connectivity index (χ1) is 33.0. The third kappa shape index (κ3) is 9.25. The minimum absolute atomic E-state index is 0.0798. The van der Waals surface area contributed by atoms with Crippen LogP contribution in [-0.2, 0) is 21.7 Å². The molecule has 0 amide bonds. The van der Waals surface area contributed by atoms with Crippen LogP contribution in [-0.4, -0.2) is 19.6 Å². The van der Waals surface area contributed by atoms with Crippen LogP contribution in [0.5, 0.6) is 5.75 Å². The molecule has 354 valence electrons. The molecule has 0 fully saturated rings. The molecular weight excluding hydrogens is 851 g/mol. The lowest BCUT2D eigenvalue weighted by Crippen LogP contribution is -2.13. The number of para-hydroxylation sites is 1. The summed E-state index contributed by atoms with van der Waals surface area (Å²) < 4.78 is 2.27. The number of aromatic hydroxyl groups is 1. The maximum Gasteiger partial charge on any atom is 0.149 e. The summed E-state index contributed by atoms with van der Waals surface area (Å²) in [5.41, 5.74) is 21.3. The summed E-state index contributed by atoms with van der Waals surface area (Å²) in [7, 11) is 0. The lowest BCUT2D eigenvalue weighted by atomic mass is 9.78. The van der Waals surface area contributed by atoms with E-state index in [0.717, 1.165) is 66.9 Å². The molecule has 0 aliphatic heterocycles. The topological polar surface area (TPSA) is 50.9 Å². The van der Waals surface area contributed by atoms with Crippen LogP contribution in [0.1, 0.15) is 116 Å². The van der Waals surface area contributed by atoms with Gasteiger partial charge in [0.15, 0.2) is 0 Å². The van der Waals surface area contributed by atoms with E-state index in [0.29, 0.717) is 11.4 Å². The number of fused-ring (bicyclic) bond motifs is 1. The summed E-state index contributed by atoms with van der Waals surface area (Å²) in [5, 5.41) is 12.1. The largest absolute Gasteiger partial charge is 0.507 e. The Balaban J connectivity index is 1.27. The van der Waals surface area contributed by atoms with Crippen LogP contribution in [0.4, 0.5) is 0 Å². The minimum Gasteiger partial charge on any atom is -0.507 e. The fourth-order valence-electron chi connectivity index (χ4n) is 9.84. The second-order valence-electron chi connectivity index (χ2n) is 23.5. The highest BCUT2D eigenvalue weighted by molar-refractivity contribution is 5.97. The molecule has 2 aromatic heterocycles. The van der Waals surface area contributed by atoms with E-state index in [4.69, 9.17) is 9.97 Å². The number of phenols is 1. The summed E-state index contributed by atoms with van der Waals surface area (Å²) in [6, 6.07) is 55.2. The number of imidazole rings is 1. The van der Waals surface area contributed by atoms with Crippen molar-refractivity contribution < 1.29 is 5.11 Å². The zero-order chi connectivity index (χ0) is 50.1. The Morgan fingerprint density at radius 1 is 0.429 bits per heavy atom. The van der Waals surface area contributed by atoms with Gasteiger partial charge in [0.2, 0.25) is 0 Å². The van der Waals surface area contributed by atoms with E-state index in [-0.39, 0.29) is 27.4 Å². The standard InChI is InChI=1S/C66H69N3O/c1-41-34-46(59-52(44-20-16-15-17-21-44)22-18-24-55(59)66(12,13)14)28-31-57(41)69-58-25-19-23-53(60(58)68-62(69)54-40-50(64(6,7)8)35-42(2)61(54)70)47-36-48(38-51(37-47)65(9,10)11)56-39-45(32-33-67-56)43-26-29-49(30-27-43)63(3,4)5/h15-40,70H,1-14H3. The Hall–Kier alpha value is -7.04. The molecule has 0 atom stereocenters. The molecule has 0 aliphatic rings. The van der Waals surface area contributed by atoms with Gasteiger partial charge < -0.3 is 5.11 Å². The van der Waals surface area contributed by atoms with Crippen molar-refractivity contribution >= 4 is 11.0 Å². The van der Waals surface area contributed by atoms with E-state index in [1.807, 2.05) is 13.1 Å². The van der Waals surface area contributed by atoms with Crippen molar-refractivity contribution in [2.24, 2.45) is 0 Å². The number of benzene rings is 7. The van der Waals surface area contributed by atoms with E-state index >= 15 is 0 Å². The van der Waals surface area contributed by atoms with Gasteiger partial charge in [-0.2, -0.15) is 0 Å². The predicted molar refractivity (Wildman–Crippen MR) is 297 cm³/mol. The van der Waals surface area contributed by atoms with Crippen molar-refractivity contribution in [3.05, 3.63) is 191 Å². The van der Waals surface area contributed by atoms with E-state index < -0.39 is 0 Å². The van der Waals surface area contributed by atoms with Crippen LogP contribution in [0.3, 0.4) is 0 Å². The smallest absolute Gasteiger partial charge is 0.149 e. The van der Waals surface area contributed by atoms with Gasteiger partial charge in [0.1, 0.15) is 11.6 Å². The normalized spacial score (nSPS) is 12.5. The molecule has 0 aliphatic carbocycles. The van der Waals surface area contributed by atoms with E-state index in [2.05, 4.69) is 246 Å². The van der Waals surface area contributed by atoms with Crippen LogP contribution in [0, 0.1) is 13.8 Å². The predicted octanol–water partition coefficient (Wildman–Crippen LogP) is 17.9. The van der Waals surface area contributed by atoms with Gasteiger partial charge in [-0.25, -0.2) is 4.98 Å². The third-order valence-corrected chi connectivity index (χ3v) is 14.0. The number of aromatic nitrogens is 3. The molecule has 0 spiro atoms. The molecule has 9 rings (SSSR count). The quantitative estimate of drug-likeness (QED) is 0.173. The Morgan fingerprint density at radius 3 is 1.71 bits per heavy atom. The third-order valence-electron chi connectivity index (χ3n) is 14.0. The highest BCUT2D eigenvalue weighted by Gasteiger charge is 2.27. The van der Waals surface area contributed by atoms with Gasteiger partial charge in [-0.15, -0.1) is 0 Å². The second-order valence-corrected chi connectivity index (χ2v) is 23.5. The molecular formula is C66H69N3O. The lowest BCUT2D eigenvalue weighted by molar-refractivity contribution is 0.471. The summed E-state index contributed by atoms with van der Waals surface area (Å²) in [5.74, 6) is 0.937. The molecule has 0 unspecified atom stereocenters. The molecule has 7 aromatic carbocycles. The van der Waals surface area contributed by atoms with E-state index in [1.54, 1.807) is 0 Å². The number of hydrogen-bond donors (Lipinski definition) is 1. The van der Waals surface area contributed by atoms with Crippen molar-refractivity contribution in [3.8, 4) is 78.6 Å². The van der Waals surface area contributed by atoms with Gasteiger partial charge >= 0.3 is 0 Å². The van der Waals surface area contributed by atoms with Gasteiger partial charge in [-0.3, -0.25) is 9.55 Å². The maximum atomic E-state index is 12.1. The average Bonchev–Trinajstić information content (AvgIpc) is 3.70. The molecule has 70 heavy (non-hydrogen) atoms. The van der Waals surface area contributed by atoms with E-state index in [1.165, 1.54) is 38.9 Å². The fraction of sp³-hybridized carbons (Fsp3) is 0.273. The number of phenolic OH excluding ortho intramolecular Hbond substituents is 1. The van der Waals surface area contributed by atoms with Crippen LogP contribution in [0.15, 0.2) is 158 Å². The monoisotopic (exact) mass is 920 g/mol. The van der Waals surface area contributed by atoms with E-state index in [9.17, 15) is 5.11 Å². The number of nitrogens with zero attached hydrogens (tertiary/aromatic N) is 3. The fourth-order valence-corrected chi connectivity index (χ4v) is 9.84. The van der Waals surface area contributed by atoms with Gasteiger partial charge in [0.25, 0.3) is 0 Å². The second kappa shape index (κ2) is 17.7. The van der Waals surface area contributed by atoms with Crippen molar-refractivity contribution in [1.82, 2.24) is 14.5 Å². The molecule has 0 bridgehead atoms. The first-order valence-corrected chi connectivity index (χ1v) is 24.9. The SMILES string of the molecule is Cc1cc(-c2c(-c3ccccc3)cccc2C(C)(C)C)ccc1-n1c(-c2cc(C(C)(C)C)cc(C)c2O)nc2c(-c3cc(-c4cc(-c5ccc(C(C)(C)C)cc5)ccn4)cc(C(C)(C)C)c3)cccc21. The molecule has 0 radical (unpaired) electrons. The summed E-state index contributed by atoms with van der Waals surface area (Å²) in [6.45, 7) is 31.3. The number of hydrogen-bond acceptors (Lipinski definition) is 3. The van der Waals surface area contributed by atoms with Gasteiger partial charge in [-0.05, 0) is 156 Å². The first-order valence-electron chi connectivity index (χ1n) is 24.9. The highest BCUT2D eigenvalue weighted by atomic mass is 16.3. The van der Waals surface area contributed by atoms with Crippen molar-refractivity contribution in [2.45, 2.75) is 119 Å². The molecule has 1 N–H and O–H groups in total. The highest BCUT2D eigenvalue weighted by Crippen LogP contribution is 2.45. The Labute approximate surface area is 417 Å². The minimum atomic E-state index is -0.158. The Bertz CT molecular complexity index is 3420. The summed E-state index contributed by atoms with van der Waals surface area (Å²) >= 11 is 0. The van der Waals surface area contributed by atoms with Crippen LogP contribution >= 0.6 is 0 Å². The number of rotatable bonds is 7.